The van der Waals surface area contributed by atoms with E-state index in [-0.39, 0.29) is 141 Å². The van der Waals surface area contributed by atoms with Crippen molar-refractivity contribution < 1.29 is 66.5 Å². The Morgan fingerprint density at radius 1 is 0.788 bits per heavy atom. The van der Waals surface area contributed by atoms with Crippen LogP contribution in [0.2, 0.25) is 0 Å². The zero-order valence-corrected chi connectivity index (χ0v) is 39.0. The summed E-state index contributed by atoms with van der Waals surface area (Å²) in [6.45, 7) is 11.2. The van der Waals surface area contributed by atoms with E-state index in [1.807, 2.05) is 0 Å². The van der Waals surface area contributed by atoms with Gasteiger partial charge in [0, 0.05) is 65.2 Å². The van der Waals surface area contributed by atoms with Crippen LogP contribution in [0.15, 0.2) is 24.3 Å². The molecule has 12 bridgehead atoms. The Kier molecular flexibility index (Phi) is 14.2. The highest BCUT2D eigenvalue weighted by atomic mass is 16.8. The van der Waals surface area contributed by atoms with Crippen LogP contribution in [0.3, 0.4) is 0 Å². The molecule has 11 aliphatic rings. The lowest BCUT2D eigenvalue weighted by Crippen LogP contribution is -2.61. The summed E-state index contributed by atoms with van der Waals surface area (Å²) in [5.74, 6) is -1.34. The second kappa shape index (κ2) is 19.8. The topological polar surface area (TPSA) is 203 Å². The van der Waals surface area contributed by atoms with Crippen molar-refractivity contribution in [3.8, 4) is 0 Å². The highest BCUT2D eigenvalue weighted by Crippen LogP contribution is 2.54. The SMILES string of the molecule is C=C1C[C@@H]2CC[C@@]34C[C@H]5OC6[C@@H](O[C@H]7CC[C@H](CC(=O)C[C@@H]8[C@@H](OC)[C@@H](C[C@@H](CNC(=O)[C@H](OCNC(=O)CN)C9CC9)OC)O[C@H]8C[C@H]8O[C@@H](CC[C@@H]1O2)C[C@@H](C)C8=C)O[C@@H]7[C@@H]6O3)[C@H]5O4. The van der Waals surface area contributed by atoms with Crippen LogP contribution in [-0.4, -0.2) is 161 Å². The number of ether oxygens (including phenoxy) is 11. The van der Waals surface area contributed by atoms with E-state index in [0.717, 1.165) is 62.5 Å². The molecule has 17 heteroatoms. The molecule has 4 N–H and O–H groups in total. The fourth-order valence-electron chi connectivity index (χ4n) is 12.9. The molecule has 17 nitrogen and oxygen atoms in total. The van der Waals surface area contributed by atoms with Crippen molar-refractivity contribution in [1.82, 2.24) is 10.6 Å². The number of methoxy groups -OCH3 is 2. The zero-order valence-electron chi connectivity index (χ0n) is 39.0. The lowest BCUT2D eigenvalue weighted by molar-refractivity contribution is -0.292. The number of ketones is 1. The summed E-state index contributed by atoms with van der Waals surface area (Å²) in [5, 5.41) is 5.59. The first-order chi connectivity index (χ1) is 31.9. The molecule has 1 spiro atoms. The third kappa shape index (κ3) is 9.72. The van der Waals surface area contributed by atoms with Crippen LogP contribution in [0.4, 0.5) is 0 Å². The lowest BCUT2D eigenvalue weighted by atomic mass is 9.81. The monoisotopic (exact) mass is 928 g/mol. The molecule has 368 valence electrons. The second-order valence-electron chi connectivity index (χ2n) is 21.0. The molecule has 1 aliphatic carbocycles. The van der Waals surface area contributed by atoms with Crippen molar-refractivity contribution in [3.05, 3.63) is 24.3 Å². The van der Waals surface area contributed by atoms with Crippen molar-refractivity contribution >= 4 is 17.6 Å². The smallest absolute Gasteiger partial charge is 0.249 e. The third-order valence-corrected chi connectivity index (χ3v) is 16.6. The Morgan fingerprint density at radius 3 is 2.33 bits per heavy atom. The average molecular weight is 928 g/mol. The number of nitrogens with one attached hydrogen (secondary N) is 2. The van der Waals surface area contributed by atoms with Crippen molar-refractivity contribution in [2.45, 2.75) is 213 Å². The summed E-state index contributed by atoms with van der Waals surface area (Å²) in [7, 11) is 3.28. The third-order valence-electron chi connectivity index (χ3n) is 16.6. The van der Waals surface area contributed by atoms with Gasteiger partial charge in [-0.05, 0) is 80.8 Å². The fraction of sp³-hybridized carbons (Fsp3) is 0.857. The zero-order chi connectivity index (χ0) is 45.9. The molecule has 66 heavy (non-hydrogen) atoms. The summed E-state index contributed by atoms with van der Waals surface area (Å²) in [4.78, 5) is 39.5. The van der Waals surface area contributed by atoms with Gasteiger partial charge in [-0.15, -0.1) is 0 Å². The number of fused-ring (bicyclic) bond motifs is 6. The number of carbonyl (C=O) groups is 3. The summed E-state index contributed by atoms with van der Waals surface area (Å²) >= 11 is 0. The molecular weight excluding hydrogens is 855 g/mol. The maximum atomic E-state index is 14.4. The maximum Gasteiger partial charge on any atom is 0.249 e. The minimum Gasteiger partial charge on any atom is -0.380 e. The quantitative estimate of drug-likeness (QED) is 0.190. The number of hydrogen-bond donors (Lipinski definition) is 3. The van der Waals surface area contributed by atoms with Gasteiger partial charge >= 0.3 is 0 Å². The lowest BCUT2D eigenvalue weighted by Gasteiger charge is -2.47. The van der Waals surface area contributed by atoms with Gasteiger partial charge in [0.1, 0.15) is 49.1 Å². The predicted molar refractivity (Wildman–Crippen MR) is 235 cm³/mol. The van der Waals surface area contributed by atoms with Crippen molar-refractivity contribution in [2.24, 2.45) is 23.5 Å². The Balaban J connectivity index is 0.864. The number of nitrogens with two attached hydrogens (primary N) is 1. The molecule has 0 aromatic heterocycles. The first-order valence-electron chi connectivity index (χ1n) is 25.0. The van der Waals surface area contributed by atoms with E-state index in [1.165, 1.54) is 0 Å². The Bertz CT molecular complexity index is 1820. The van der Waals surface area contributed by atoms with E-state index in [0.29, 0.717) is 32.1 Å². The molecule has 10 saturated heterocycles. The van der Waals surface area contributed by atoms with Crippen LogP contribution < -0.4 is 16.4 Å². The van der Waals surface area contributed by atoms with Crippen molar-refractivity contribution in [2.75, 3.05) is 34.0 Å². The number of hydrogen-bond acceptors (Lipinski definition) is 15. The molecule has 11 fully saturated rings. The molecule has 0 radical (unpaired) electrons. The van der Waals surface area contributed by atoms with Crippen LogP contribution in [-0.2, 0) is 66.5 Å². The van der Waals surface area contributed by atoms with Gasteiger partial charge in [-0.1, -0.05) is 20.1 Å². The van der Waals surface area contributed by atoms with Gasteiger partial charge in [0.15, 0.2) is 5.79 Å². The molecular formula is C49H73N3O14. The maximum absolute atomic E-state index is 14.4. The molecule has 11 rings (SSSR count). The van der Waals surface area contributed by atoms with E-state index < -0.39 is 36.3 Å². The summed E-state index contributed by atoms with van der Waals surface area (Å²) < 4.78 is 72.7. The number of Topliss-reactive ketones (excluding diaryl/α,β-unsaturated/α-hetero) is 1. The second-order valence-corrected chi connectivity index (χ2v) is 21.0. The van der Waals surface area contributed by atoms with Gasteiger partial charge in [-0.2, -0.15) is 0 Å². The van der Waals surface area contributed by atoms with Crippen molar-refractivity contribution in [1.29, 1.82) is 0 Å². The first kappa shape index (κ1) is 47.3. The Morgan fingerprint density at radius 2 is 1.55 bits per heavy atom. The van der Waals surface area contributed by atoms with E-state index in [4.69, 9.17) is 57.8 Å². The molecule has 0 aromatic rings. The van der Waals surface area contributed by atoms with Crippen LogP contribution in [0.5, 0.6) is 0 Å². The van der Waals surface area contributed by atoms with E-state index >= 15 is 0 Å². The van der Waals surface area contributed by atoms with E-state index in [1.54, 1.807) is 14.2 Å². The van der Waals surface area contributed by atoms with Gasteiger partial charge in [0.2, 0.25) is 11.8 Å². The van der Waals surface area contributed by atoms with Gasteiger partial charge in [-0.3, -0.25) is 14.4 Å². The summed E-state index contributed by atoms with van der Waals surface area (Å²) in [5.41, 5.74) is 7.56. The van der Waals surface area contributed by atoms with E-state index in [2.05, 4.69) is 30.7 Å². The number of amides is 2. The largest absolute Gasteiger partial charge is 0.380 e. The van der Waals surface area contributed by atoms with Gasteiger partial charge in [0.25, 0.3) is 0 Å². The summed E-state index contributed by atoms with van der Waals surface area (Å²) in [6.07, 6.45) is 5.24. The minimum atomic E-state index is -0.814. The van der Waals surface area contributed by atoms with Gasteiger partial charge in [0.05, 0.1) is 73.7 Å². The molecule has 1 unspecified atom stereocenters. The van der Waals surface area contributed by atoms with Gasteiger partial charge in [-0.25, -0.2) is 0 Å². The van der Waals surface area contributed by atoms with Crippen LogP contribution in [0, 0.1) is 17.8 Å². The molecule has 2 amide bonds. The molecule has 10 aliphatic heterocycles. The normalized spacial score (nSPS) is 45.2. The van der Waals surface area contributed by atoms with Crippen LogP contribution in [0.25, 0.3) is 0 Å². The predicted octanol–water partition coefficient (Wildman–Crippen LogP) is 3.08. The molecule has 20 atom stereocenters. The van der Waals surface area contributed by atoms with Crippen LogP contribution in [0.1, 0.15) is 103 Å². The fourth-order valence-corrected chi connectivity index (χ4v) is 12.9. The number of carbonyl (C=O) groups excluding carboxylic acids is 3. The Hall–Kier alpha value is -2.39. The first-order valence-corrected chi connectivity index (χ1v) is 25.0. The number of rotatable bonds is 12. The van der Waals surface area contributed by atoms with Crippen molar-refractivity contribution in [3.63, 3.8) is 0 Å². The molecule has 1 saturated carbocycles. The van der Waals surface area contributed by atoms with Gasteiger partial charge < -0.3 is 68.5 Å². The molecule has 0 aromatic carbocycles. The molecule has 10 heterocycles. The highest BCUT2D eigenvalue weighted by molar-refractivity contribution is 5.81. The summed E-state index contributed by atoms with van der Waals surface area (Å²) in [6, 6.07) is 0. The van der Waals surface area contributed by atoms with E-state index in [9.17, 15) is 14.4 Å². The standard InChI is InChI=1S/C49H73N3O14/c1-24-14-29-8-10-34-25(2)15-31(59-34)12-13-49-20-39-44(65-49)45-46(64-39)47(66-49)43-35(63-45)11-9-30(61-43)16-28(53)17-33-37(19-36(60-29)26(24)3)62-38(42(33)57-5)18-32(56-4)22-51-48(55)41(27-6-7-27)58-23-52-40(54)21-50/h24,27,29-39,41-47H,2-3,6-23,50H2,1,4-5H3,(H,51,55)(H,52,54)/t24-,29+,30-,31+,32+,33+,34+,35+,36-,37+,38-,39-,41-,42-,43+,44+,45+,46?,47+,49+/m1/s1. The highest BCUT2D eigenvalue weighted by Gasteiger charge is 2.69. The average Bonchev–Trinajstić information content (AvgIpc) is 3.82. The Labute approximate surface area is 388 Å². The van der Waals surface area contributed by atoms with Crippen LogP contribution >= 0.6 is 0 Å². The minimum absolute atomic E-state index is 0.00319.